The van der Waals surface area contributed by atoms with Crippen molar-refractivity contribution in [1.29, 1.82) is 0 Å². The van der Waals surface area contributed by atoms with Crippen molar-refractivity contribution < 1.29 is 4.79 Å². The lowest BCUT2D eigenvalue weighted by Crippen LogP contribution is -2.34. The van der Waals surface area contributed by atoms with Gasteiger partial charge < -0.3 is 10.6 Å². The van der Waals surface area contributed by atoms with Gasteiger partial charge in [0.2, 0.25) is 0 Å². The lowest BCUT2D eigenvalue weighted by molar-refractivity contribution is 0.0744. The third kappa shape index (κ3) is 3.22. The number of carbonyl (C=O) groups excluding carboxylic acids is 1. The van der Waals surface area contributed by atoms with Crippen molar-refractivity contribution in [2.24, 2.45) is 11.7 Å². The third-order valence-corrected chi connectivity index (χ3v) is 4.57. The van der Waals surface area contributed by atoms with Gasteiger partial charge >= 0.3 is 0 Å². The van der Waals surface area contributed by atoms with Gasteiger partial charge in [0, 0.05) is 18.0 Å². The van der Waals surface area contributed by atoms with E-state index < -0.39 is 0 Å². The predicted molar refractivity (Wildman–Crippen MR) is 76.9 cm³/mol. The maximum absolute atomic E-state index is 12.2. The van der Waals surface area contributed by atoms with Crippen LogP contribution in [0.3, 0.4) is 0 Å². The summed E-state index contributed by atoms with van der Waals surface area (Å²) in [6, 6.07) is 2.19. The molecular formula is C11H16BrClN2OS. The standard InChI is InChI=1S/C11H15BrN2OS.ClH/c1-7-2-8(4-13)5-14(7)11(15)9-3-10(12)16-6-9;/h3,6-8H,2,4-5,13H2,1H3;1H. The number of nitrogens with two attached hydrogens (primary N) is 1. The highest BCUT2D eigenvalue weighted by Gasteiger charge is 2.32. The molecule has 2 atom stereocenters. The number of nitrogens with zero attached hydrogens (tertiary/aromatic N) is 1. The minimum atomic E-state index is 0. The maximum atomic E-state index is 12.2. The molecular weight excluding hydrogens is 324 g/mol. The average Bonchev–Trinajstić information content (AvgIpc) is 2.83. The first-order chi connectivity index (χ1) is 7.61. The van der Waals surface area contributed by atoms with E-state index in [0.29, 0.717) is 18.5 Å². The van der Waals surface area contributed by atoms with Crippen LogP contribution in [0.5, 0.6) is 0 Å². The Hall–Kier alpha value is -0.100. The van der Waals surface area contributed by atoms with Crippen LogP contribution in [0.25, 0.3) is 0 Å². The lowest BCUT2D eigenvalue weighted by Gasteiger charge is -2.20. The Kier molecular flexibility index (Phi) is 5.44. The van der Waals surface area contributed by atoms with E-state index in [2.05, 4.69) is 22.9 Å². The zero-order valence-electron chi connectivity index (χ0n) is 9.56. The highest BCUT2D eigenvalue weighted by molar-refractivity contribution is 9.11. The van der Waals surface area contributed by atoms with Crippen molar-refractivity contribution in [2.45, 2.75) is 19.4 Å². The molecule has 0 aromatic carbocycles. The first-order valence-corrected chi connectivity index (χ1v) is 7.04. The van der Waals surface area contributed by atoms with Crippen LogP contribution < -0.4 is 5.73 Å². The second-order valence-electron chi connectivity index (χ2n) is 4.28. The van der Waals surface area contributed by atoms with Gasteiger partial charge in [-0.15, -0.1) is 23.7 Å². The van der Waals surface area contributed by atoms with Crippen molar-refractivity contribution in [3.63, 3.8) is 0 Å². The summed E-state index contributed by atoms with van der Waals surface area (Å²) in [6.07, 6.45) is 1.02. The summed E-state index contributed by atoms with van der Waals surface area (Å²) in [7, 11) is 0. The predicted octanol–water partition coefficient (Wildman–Crippen LogP) is 2.74. The molecule has 2 N–H and O–H groups in total. The SMILES string of the molecule is CC1CC(CN)CN1C(=O)c1csc(Br)c1.Cl. The number of likely N-dealkylation sites (tertiary alicyclic amines) is 1. The van der Waals surface area contributed by atoms with E-state index in [0.717, 1.165) is 22.3 Å². The van der Waals surface area contributed by atoms with E-state index in [1.54, 1.807) is 11.3 Å². The Morgan fingerprint density at radius 2 is 2.41 bits per heavy atom. The summed E-state index contributed by atoms with van der Waals surface area (Å²) in [5.41, 5.74) is 6.44. The molecule has 1 aromatic heterocycles. The van der Waals surface area contributed by atoms with Crippen LogP contribution in [-0.4, -0.2) is 29.9 Å². The molecule has 1 aromatic rings. The Morgan fingerprint density at radius 1 is 1.71 bits per heavy atom. The summed E-state index contributed by atoms with van der Waals surface area (Å²) in [5, 5.41) is 1.90. The smallest absolute Gasteiger partial charge is 0.254 e. The highest BCUT2D eigenvalue weighted by Crippen LogP contribution is 2.27. The Balaban J connectivity index is 0.00000144. The van der Waals surface area contributed by atoms with Gasteiger partial charge in [0.1, 0.15) is 0 Å². The van der Waals surface area contributed by atoms with Gasteiger partial charge in [-0.2, -0.15) is 0 Å². The number of halogens is 2. The second kappa shape index (κ2) is 6.18. The van der Waals surface area contributed by atoms with Crippen LogP contribution in [-0.2, 0) is 0 Å². The average molecular weight is 340 g/mol. The molecule has 1 amide bonds. The summed E-state index contributed by atoms with van der Waals surface area (Å²) in [5.74, 6) is 0.589. The molecule has 1 aliphatic rings. The largest absolute Gasteiger partial charge is 0.336 e. The van der Waals surface area contributed by atoms with Gasteiger partial charge in [-0.25, -0.2) is 0 Å². The topological polar surface area (TPSA) is 46.3 Å². The molecule has 0 radical (unpaired) electrons. The number of hydrogen-bond acceptors (Lipinski definition) is 3. The lowest BCUT2D eigenvalue weighted by atomic mass is 10.1. The Bertz CT molecular complexity index is 399. The van der Waals surface area contributed by atoms with Gasteiger partial charge in [0.05, 0.1) is 9.35 Å². The zero-order chi connectivity index (χ0) is 11.7. The molecule has 0 spiro atoms. The highest BCUT2D eigenvalue weighted by atomic mass is 79.9. The molecule has 2 rings (SSSR count). The van der Waals surface area contributed by atoms with Crippen LogP contribution in [0.15, 0.2) is 15.2 Å². The summed E-state index contributed by atoms with van der Waals surface area (Å²) in [6.45, 7) is 3.56. The van der Waals surface area contributed by atoms with Crippen molar-refractivity contribution in [3.05, 3.63) is 20.8 Å². The molecule has 96 valence electrons. The molecule has 2 heterocycles. The number of carbonyl (C=O) groups is 1. The van der Waals surface area contributed by atoms with Gasteiger partial charge in [0.15, 0.2) is 0 Å². The van der Waals surface area contributed by atoms with Crippen molar-refractivity contribution in [1.82, 2.24) is 4.90 Å². The first kappa shape index (κ1) is 15.0. The molecule has 6 heteroatoms. The number of thiophene rings is 1. The normalized spacial score (nSPS) is 23.6. The third-order valence-electron chi connectivity index (χ3n) is 3.07. The molecule has 0 saturated carbocycles. The van der Waals surface area contributed by atoms with Crippen LogP contribution in [0.4, 0.5) is 0 Å². The van der Waals surface area contributed by atoms with Gasteiger partial charge in [-0.05, 0) is 47.8 Å². The fourth-order valence-corrected chi connectivity index (χ4v) is 3.31. The summed E-state index contributed by atoms with van der Waals surface area (Å²) >= 11 is 4.92. The van der Waals surface area contributed by atoms with E-state index in [4.69, 9.17) is 5.73 Å². The molecule has 3 nitrogen and oxygen atoms in total. The van der Waals surface area contributed by atoms with Gasteiger partial charge in [0.25, 0.3) is 5.91 Å². The van der Waals surface area contributed by atoms with E-state index in [-0.39, 0.29) is 18.3 Å². The minimum absolute atomic E-state index is 0. The first-order valence-electron chi connectivity index (χ1n) is 5.37. The number of rotatable bonds is 2. The van der Waals surface area contributed by atoms with E-state index in [9.17, 15) is 4.79 Å². The van der Waals surface area contributed by atoms with Crippen LogP contribution in [0, 0.1) is 5.92 Å². The van der Waals surface area contributed by atoms with E-state index in [1.807, 2.05) is 16.3 Å². The van der Waals surface area contributed by atoms with Crippen molar-refractivity contribution >= 4 is 45.6 Å². The Labute approximate surface area is 120 Å². The monoisotopic (exact) mass is 338 g/mol. The fourth-order valence-electron chi connectivity index (χ4n) is 2.18. The van der Waals surface area contributed by atoms with Gasteiger partial charge in [-0.1, -0.05) is 0 Å². The van der Waals surface area contributed by atoms with Gasteiger partial charge in [-0.3, -0.25) is 4.79 Å². The molecule has 0 aliphatic carbocycles. The quantitative estimate of drug-likeness (QED) is 0.900. The van der Waals surface area contributed by atoms with E-state index in [1.165, 1.54) is 0 Å². The van der Waals surface area contributed by atoms with Crippen LogP contribution in [0.2, 0.25) is 0 Å². The molecule has 1 saturated heterocycles. The zero-order valence-corrected chi connectivity index (χ0v) is 12.8. The fraction of sp³-hybridized carbons (Fsp3) is 0.545. The summed E-state index contributed by atoms with van der Waals surface area (Å²) in [4.78, 5) is 14.1. The Morgan fingerprint density at radius 3 is 2.88 bits per heavy atom. The van der Waals surface area contributed by atoms with Crippen LogP contribution >= 0.6 is 39.7 Å². The minimum Gasteiger partial charge on any atom is -0.336 e. The molecule has 17 heavy (non-hydrogen) atoms. The van der Waals surface area contributed by atoms with Crippen LogP contribution in [0.1, 0.15) is 23.7 Å². The van der Waals surface area contributed by atoms with Crippen molar-refractivity contribution in [3.8, 4) is 0 Å². The molecule has 0 bridgehead atoms. The maximum Gasteiger partial charge on any atom is 0.254 e. The number of amides is 1. The molecule has 1 aliphatic heterocycles. The number of hydrogen-bond donors (Lipinski definition) is 1. The molecule has 2 unspecified atom stereocenters. The van der Waals surface area contributed by atoms with E-state index >= 15 is 0 Å². The molecule has 1 fully saturated rings. The second-order valence-corrected chi connectivity index (χ2v) is 6.57. The summed E-state index contributed by atoms with van der Waals surface area (Å²) < 4.78 is 0.998. The van der Waals surface area contributed by atoms with Crippen molar-refractivity contribution in [2.75, 3.05) is 13.1 Å².